The number of rotatable bonds is 2. The van der Waals surface area contributed by atoms with Crippen LogP contribution in [0.4, 0.5) is 4.39 Å². The van der Waals surface area contributed by atoms with Gasteiger partial charge in [-0.1, -0.05) is 6.92 Å². The Kier molecular flexibility index (Phi) is 3.28. The first-order chi connectivity index (χ1) is 4.04. The van der Waals surface area contributed by atoms with Crippen molar-refractivity contribution < 1.29 is 9.50 Å². The quantitative estimate of drug-likeness (QED) is 0.572. The van der Waals surface area contributed by atoms with Gasteiger partial charge in [0.05, 0.1) is 5.76 Å². The van der Waals surface area contributed by atoms with Gasteiger partial charge in [-0.3, -0.25) is 0 Å². The van der Waals surface area contributed by atoms with Crippen molar-refractivity contribution in [2.24, 2.45) is 5.92 Å². The van der Waals surface area contributed by atoms with E-state index in [2.05, 4.69) is 0 Å². The predicted molar refractivity (Wildman–Crippen MR) is 36.1 cm³/mol. The highest BCUT2D eigenvalue weighted by Gasteiger charge is 2.06. The van der Waals surface area contributed by atoms with E-state index in [0.29, 0.717) is 0 Å². The minimum atomic E-state index is -0.882. The summed E-state index contributed by atoms with van der Waals surface area (Å²) < 4.78 is 12.3. The lowest BCUT2D eigenvalue weighted by Gasteiger charge is -2.05. The predicted octanol–water partition coefficient (Wildman–Crippen LogP) is 2.44. The molecule has 0 rings (SSSR count). The fourth-order valence-electron chi connectivity index (χ4n) is 0.513. The third kappa shape index (κ3) is 4.01. The summed E-state index contributed by atoms with van der Waals surface area (Å²) in [5.74, 6) is 0.00185. The maximum absolute atomic E-state index is 12.3. The maximum atomic E-state index is 12.3. The first-order valence-electron chi connectivity index (χ1n) is 3.05. The molecule has 0 aromatic carbocycles. The van der Waals surface area contributed by atoms with Gasteiger partial charge in [-0.15, -0.1) is 0 Å². The van der Waals surface area contributed by atoms with Crippen molar-refractivity contribution in [2.75, 3.05) is 0 Å². The van der Waals surface area contributed by atoms with Gasteiger partial charge in [-0.25, -0.2) is 4.39 Å². The molecule has 0 aliphatic carbocycles. The molecule has 0 amide bonds. The van der Waals surface area contributed by atoms with Gasteiger partial charge in [0.1, 0.15) is 6.17 Å². The Bertz CT molecular complexity index is 103. The highest BCUT2D eigenvalue weighted by atomic mass is 19.1. The molecule has 54 valence electrons. The minimum absolute atomic E-state index is 0.185. The van der Waals surface area contributed by atoms with Gasteiger partial charge in [0, 0.05) is 5.92 Å². The Morgan fingerprint density at radius 3 is 2.11 bits per heavy atom. The van der Waals surface area contributed by atoms with Crippen LogP contribution in [-0.2, 0) is 0 Å². The molecule has 9 heavy (non-hydrogen) atoms. The van der Waals surface area contributed by atoms with E-state index in [-0.39, 0.29) is 11.7 Å². The van der Waals surface area contributed by atoms with E-state index in [1.54, 1.807) is 13.8 Å². The fourth-order valence-corrected chi connectivity index (χ4v) is 0.513. The van der Waals surface area contributed by atoms with Gasteiger partial charge in [0.2, 0.25) is 0 Å². The highest BCUT2D eigenvalue weighted by molar-refractivity contribution is 4.91. The molecule has 2 unspecified atom stereocenters. The maximum Gasteiger partial charge on any atom is 0.103 e. The van der Waals surface area contributed by atoms with E-state index in [1.165, 1.54) is 13.0 Å². The van der Waals surface area contributed by atoms with E-state index in [4.69, 9.17) is 5.11 Å². The van der Waals surface area contributed by atoms with E-state index in [1.807, 2.05) is 0 Å². The van der Waals surface area contributed by atoms with Crippen LogP contribution in [0.2, 0.25) is 0 Å². The van der Waals surface area contributed by atoms with Crippen molar-refractivity contribution in [2.45, 2.75) is 26.9 Å². The summed E-state index contributed by atoms with van der Waals surface area (Å²) in [7, 11) is 0. The second-order valence-corrected chi connectivity index (χ2v) is 2.34. The number of hydrogen-bond donors (Lipinski definition) is 1. The van der Waals surface area contributed by atoms with E-state index in [0.717, 1.165) is 0 Å². The number of allylic oxidation sites excluding steroid dienone is 2. The molecule has 0 aromatic rings. The summed E-state index contributed by atoms with van der Waals surface area (Å²) >= 11 is 0. The van der Waals surface area contributed by atoms with Crippen LogP contribution in [0.15, 0.2) is 11.8 Å². The SMILES string of the molecule is C/C(O)=C/C(C)C(C)F. The number of alkyl halides is 1. The van der Waals surface area contributed by atoms with Crippen molar-refractivity contribution in [1.82, 2.24) is 0 Å². The molecule has 0 radical (unpaired) electrons. The first-order valence-corrected chi connectivity index (χ1v) is 3.05. The molecule has 0 aliphatic heterocycles. The molecular weight excluding hydrogens is 119 g/mol. The minimum Gasteiger partial charge on any atom is -0.513 e. The van der Waals surface area contributed by atoms with Crippen LogP contribution >= 0.6 is 0 Å². The Morgan fingerprint density at radius 2 is 2.00 bits per heavy atom. The van der Waals surface area contributed by atoms with Crippen molar-refractivity contribution >= 4 is 0 Å². The molecule has 0 spiro atoms. The normalized spacial score (nSPS) is 19.3. The third-order valence-corrected chi connectivity index (χ3v) is 1.23. The van der Waals surface area contributed by atoms with Crippen molar-refractivity contribution in [1.29, 1.82) is 0 Å². The van der Waals surface area contributed by atoms with Crippen molar-refractivity contribution in [3.63, 3.8) is 0 Å². The topological polar surface area (TPSA) is 20.2 Å². The average Bonchev–Trinajstić information content (AvgIpc) is 1.63. The van der Waals surface area contributed by atoms with Crippen LogP contribution in [0, 0.1) is 5.92 Å². The Morgan fingerprint density at radius 1 is 1.56 bits per heavy atom. The summed E-state index contributed by atoms with van der Waals surface area (Å²) in [6.07, 6.45) is 0.622. The van der Waals surface area contributed by atoms with Crippen LogP contribution < -0.4 is 0 Å². The number of aliphatic hydroxyl groups excluding tert-OH is 1. The van der Waals surface area contributed by atoms with Gasteiger partial charge in [-0.2, -0.15) is 0 Å². The van der Waals surface area contributed by atoms with Gasteiger partial charge in [-0.05, 0) is 19.9 Å². The summed E-state index contributed by atoms with van der Waals surface area (Å²) in [5, 5.41) is 8.67. The molecular formula is C7H13FO. The average molecular weight is 132 g/mol. The molecule has 2 heteroatoms. The van der Waals surface area contributed by atoms with Crippen LogP contribution in [0.3, 0.4) is 0 Å². The zero-order chi connectivity index (χ0) is 7.44. The molecule has 1 N–H and O–H groups in total. The van der Waals surface area contributed by atoms with Gasteiger partial charge < -0.3 is 5.11 Å². The number of aliphatic hydroxyl groups is 1. The Labute approximate surface area is 55.2 Å². The van der Waals surface area contributed by atoms with Crippen LogP contribution in [0.25, 0.3) is 0 Å². The zero-order valence-electron chi connectivity index (χ0n) is 6.06. The lowest BCUT2D eigenvalue weighted by Crippen LogP contribution is -2.04. The second kappa shape index (κ2) is 3.49. The molecule has 2 atom stereocenters. The molecule has 0 saturated carbocycles. The molecule has 0 aliphatic rings. The van der Waals surface area contributed by atoms with Crippen molar-refractivity contribution in [3.8, 4) is 0 Å². The summed E-state index contributed by atoms with van der Waals surface area (Å²) in [5.41, 5.74) is 0. The Balaban J connectivity index is 3.76. The standard InChI is InChI=1S/C7H13FO/c1-5(7(3)8)4-6(2)9/h4-5,7,9H,1-3H3/b6-4-. The number of hydrogen-bond acceptors (Lipinski definition) is 1. The fraction of sp³-hybridized carbons (Fsp3) is 0.714. The third-order valence-electron chi connectivity index (χ3n) is 1.23. The zero-order valence-corrected chi connectivity index (χ0v) is 6.06. The Hall–Kier alpha value is -0.530. The number of halogens is 1. The van der Waals surface area contributed by atoms with Crippen LogP contribution in [0.5, 0.6) is 0 Å². The summed E-state index contributed by atoms with van der Waals surface area (Å²) in [6.45, 7) is 4.74. The largest absolute Gasteiger partial charge is 0.513 e. The first kappa shape index (κ1) is 8.47. The van der Waals surface area contributed by atoms with Crippen LogP contribution in [0.1, 0.15) is 20.8 Å². The molecule has 1 nitrogen and oxygen atoms in total. The summed E-state index contributed by atoms with van der Waals surface area (Å²) in [4.78, 5) is 0. The summed E-state index contributed by atoms with van der Waals surface area (Å²) in [6, 6.07) is 0. The monoisotopic (exact) mass is 132 g/mol. The lowest BCUT2D eigenvalue weighted by atomic mass is 10.1. The molecule has 0 fully saturated rings. The van der Waals surface area contributed by atoms with Gasteiger partial charge >= 0.3 is 0 Å². The second-order valence-electron chi connectivity index (χ2n) is 2.34. The smallest absolute Gasteiger partial charge is 0.103 e. The van der Waals surface area contributed by atoms with Gasteiger partial charge in [0.15, 0.2) is 0 Å². The van der Waals surface area contributed by atoms with E-state index < -0.39 is 6.17 Å². The molecule has 0 saturated heterocycles. The highest BCUT2D eigenvalue weighted by Crippen LogP contribution is 2.08. The van der Waals surface area contributed by atoms with E-state index >= 15 is 0 Å². The van der Waals surface area contributed by atoms with Gasteiger partial charge in [0.25, 0.3) is 0 Å². The lowest BCUT2D eigenvalue weighted by molar-refractivity contribution is 0.293. The molecule has 0 bridgehead atoms. The van der Waals surface area contributed by atoms with E-state index in [9.17, 15) is 4.39 Å². The molecule has 0 heterocycles. The molecule has 0 aromatic heterocycles. The van der Waals surface area contributed by atoms with Crippen molar-refractivity contribution in [3.05, 3.63) is 11.8 Å². The van der Waals surface area contributed by atoms with Crippen LogP contribution in [-0.4, -0.2) is 11.3 Å².